The fourth-order valence-electron chi connectivity index (χ4n) is 1.00. The lowest BCUT2D eigenvalue weighted by molar-refractivity contribution is -0.116. The molecule has 0 aromatic carbocycles. The van der Waals surface area contributed by atoms with Gasteiger partial charge in [0.05, 0.1) is 0 Å². The summed E-state index contributed by atoms with van der Waals surface area (Å²) in [5, 5.41) is 9.72. The molecule has 6 heteroatoms. The Morgan fingerprint density at radius 3 is 2.67 bits per heavy atom. The molecule has 1 amide bonds. The Kier molecular flexibility index (Phi) is 3.54. The van der Waals surface area contributed by atoms with Crippen molar-refractivity contribution >= 4 is 11.9 Å². The molecule has 1 rings (SSSR count). The molecule has 1 heterocycles. The molecule has 0 spiro atoms. The van der Waals surface area contributed by atoms with E-state index in [9.17, 15) is 9.59 Å². The maximum atomic E-state index is 11.3. The third-order valence-corrected chi connectivity index (χ3v) is 1.71. The van der Waals surface area contributed by atoms with Gasteiger partial charge >= 0.3 is 0 Å². The summed E-state index contributed by atoms with van der Waals surface area (Å²) < 4.78 is 0. The highest BCUT2D eigenvalue weighted by atomic mass is 16.2. The second kappa shape index (κ2) is 4.68. The summed E-state index contributed by atoms with van der Waals surface area (Å²) in [7, 11) is 0. The van der Waals surface area contributed by atoms with Crippen LogP contribution in [-0.2, 0) is 4.79 Å². The fraction of sp³-hybridized carbons (Fsp3) is 0.556. The van der Waals surface area contributed by atoms with E-state index in [1.54, 1.807) is 6.92 Å². The average molecular weight is 210 g/mol. The Morgan fingerprint density at radius 1 is 1.47 bits per heavy atom. The number of aromatic nitrogens is 3. The van der Waals surface area contributed by atoms with Crippen LogP contribution < -0.4 is 10.9 Å². The van der Waals surface area contributed by atoms with Crippen LogP contribution in [-0.4, -0.2) is 21.1 Å². The zero-order chi connectivity index (χ0) is 11.4. The highest BCUT2D eigenvalue weighted by Gasteiger charge is 2.07. The average Bonchev–Trinajstić information content (AvgIpc) is 2.10. The van der Waals surface area contributed by atoms with Crippen LogP contribution in [0.4, 0.5) is 5.95 Å². The Labute approximate surface area is 87.1 Å². The van der Waals surface area contributed by atoms with E-state index in [4.69, 9.17) is 0 Å². The van der Waals surface area contributed by atoms with Crippen molar-refractivity contribution in [1.82, 2.24) is 15.2 Å². The third-order valence-electron chi connectivity index (χ3n) is 1.71. The fourth-order valence-corrected chi connectivity index (χ4v) is 1.00. The zero-order valence-corrected chi connectivity index (χ0v) is 9.00. The number of carbonyl (C=O) groups excluding carboxylic acids is 1. The molecule has 6 nitrogen and oxygen atoms in total. The minimum absolute atomic E-state index is 0.0938. The number of nitrogens with zero attached hydrogens (tertiary/aromatic N) is 2. The number of amides is 1. The minimum atomic E-state index is -0.343. The van der Waals surface area contributed by atoms with Gasteiger partial charge in [-0.1, -0.05) is 13.8 Å². The van der Waals surface area contributed by atoms with Crippen molar-refractivity contribution in [1.29, 1.82) is 0 Å². The number of H-pyrrole nitrogens is 1. The Hall–Kier alpha value is -1.72. The van der Waals surface area contributed by atoms with Crippen molar-refractivity contribution in [3.05, 3.63) is 16.0 Å². The Bertz CT molecular complexity index is 411. The van der Waals surface area contributed by atoms with Crippen LogP contribution in [0.3, 0.4) is 0 Å². The standard InChI is InChI=1S/C9H14N4O2/c1-5(2)4-7(14)10-9-11-8(15)6(3)12-13-9/h5H,4H2,1-3H3,(H2,10,11,13,14,15). The summed E-state index contributed by atoms with van der Waals surface area (Å²) in [5.41, 5.74) is -0.0679. The van der Waals surface area contributed by atoms with Crippen molar-refractivity contribution in [3.63, 3.8) is 0 Å². The van der Waals surface area contributed by atoms with Gasteiger partial charge in [-0.25, -0.2) is 0 Å². The van der Waals surface area contributed by atoms with Gasteiger partial charge in [-0.15, -0.1) is 10.2 Å². The Morgan fingerprint density at radius 2 is 2.13 bits per heavy atom. The third kappa shape index (κ3) is 3.49. The first-order valence-electron chi connectivity index (χ1n) is 4.72. The van der Waals surface area contributed by atoms with Gasteiger partial charge in [-0.05, 0) is 12.8 Å². The van der Waals surface area contributed by atoms with Gasteiger partial charge < -0.3 is 0 Å². The molecular formula is C9H14N4O2. The lowest BCUT2D eigenvalue weighted by Crippen LogP contribution is -2.21. The zero-order valence-electron chi connectivity index (χ0n) is 9.00. The van der Waals surface area contributed by atoms with Crippen LogP contribution >= 0.6 is 0 Å². The first-order valence-corrected chi connectivity index (χ1v) is 4.72. The molecule has 0 unspecified atom stereocenters. The lowest BCUT2D eigenvalue weighted by Gasteiger charge is -2.05. The van der Waals surface area contributed by atoms with Crippen molar-refractivity contribution in [2.75, 3.05) is 5.32 Å². The van der Waals surface area contributed by atoms with Gasteiger partial charge in [0.25, 0.3) is 5.56 Å². The summed E-state index contributed by atoms with van der Waals surface area (Å²) in [6.45, 7) is 5.41. The highest BCUT2D eigenvalue weighted by molar-refractivity contribution is 5.88. The first-order chi connectivity index (χ1) is 6.99. The monoisotopic (exact) mass is 210 g/mol. The van der Waals surface area contributed by atoms with E-state index in [-0.39, 0.29) is 29.0 Å². The van der Waals surface area contributed by atoms with Gasteiger partial charge in [0, 0.05) is 6.42 Å². The van der Waals surface area contributed by atoms with E-state index >= 15 is 0 Å². The summed E-state index contributed by atoms with van der Waals surface area (Å²) in [6, 6.07) is 0. The van der Waals surface area contributed by atoms with Crippen molar-refractivity contribution in [3.8, 4) is 0 Å². The molecule has 1 aromatic rings. The van der Waals surface area contributed by atoms with E-state index in [0.717, 1.165) is 0 Å². The number of rotatable bonds is 3. The number of aromatic amines is 1. The molecule has 0 atom stereocenters. The van der Waals surface area contributed by atoms with E-state index in [0.29, 0.717) is 6.42 Å². The SMILES string of the molecule is Cc1nnc(NC(=O)CC(C)C)[nH]c1=O. The van der Waals surface area contributed by atoms with Gasteiger partial charge in [-0.2, -0.15) is 0 Å². The molecule has 0 saturated heterocycles. The second-order valence-corrected chi connectivity index (χ2v) is 3.73. The molecular weight excluding hydrogens is 196 g/mol. The second-order valence-electron chi connectivity index (χ2n) is 3.73. The van der Waals surface area contributed by atoms with Crippen molar-refractivity contribution < 1.29 is 4.79 Å². The molecule has 1 aromatic heterocycles. The maximum absolute atomic E-state index is 11.3. The minimum Gasteiger partial charge on any atom is -0.295 e. The molecule has 0 aliphatic heterocycles. The topological polar surface area (TPSA) is 87.7 Å². The van der Waals surface area contributed by atoms with Crippen LogP contribution in [0.5, 0.6) is 0 Å². The number of aryl methyl sites for hydroxylation is 1. The van der Waals surface area contributed by atoms with Crippen LogP contribution in [0, 0.1) is 12.8 Å². The van der Waals surface area contributed by atoms with E-state index in [1.807, 2.05) is 13.8 Å². The number of hydrogen-bond acceptors (Lipinski definition) is 4. The number of anilines is 1. The van der Waals surface area contributed by atoms with Gasteiger partial charge in [0.15, 0.2) is 0 Å². The highest BCUT2D eigenvalue weighted by Crippen LogP contribution is 2.01. The van der Waals surface area contributed by atoms with Crippen LogP contribution in [0.15, 0.2) is 4.79 Å². The summed E-state index contributed by atoms with van der Waals surface area (Å²) >= 11 is 0. The normalized spacial score (nSPS) is 10.4. The van der Waals surface area contributed by atoms with Crippen molar-refractivity contribution in [2.45, 2.75) is 27.2 Å². The molecule has 0 aliphatic rings. The van der Waals surface area contributed by atoms with E-state index in [1.165, 1.54) is 0 Å². The molecule has 82 valence electrons. The predicted octanol–water partition coefficient (Wildman–Crippen LogP) is 0.458. The van der Waals surface area contributed by atoms with Crippen molar-refractivity contribution in [2.24, 2.45) is 5.92 Å². The van der Waals surface area contributed by atoms with E-state index in [2.05, 4.69) is 20.5 Å². The molecule has 15 heavy (non-hydrogen) atoms. The van der Waals surface area contributed by atoms with Crippen LogP contribution in [0.25, 0.3) is 0 Å². The largest absolute Gasteiger partial charge is 0.295 e. The summed E-state index contributed by atoms with van der Waals surface area (Å²) in [4.78, 5) is 24.9. The molecule has 0 bridgehead atoms. The van der Waals surface area contributed by atoms with Gasteiger partial charge in [-0.3, -0.25) is 19.9 Å². The van der Waals surface area contributed by atoms with Gasteiger partial charge in [0.1, 0.15) is 5.69 Å². The molecule has 0 aliphatic carbocycles. The van der Waals surface area contributed by atoms with Gasteiger partial charge in [0.2, 0.25) is 11.9 Å². The Balaban J connectivity index is 2.69. The first kappa shape index (κ1) is 11.4. The summed E-state index contributed by atoms with van der Waals surface area (Å²) in [5.74, 6) is 0.171. The maximum Gasteiger partial charge on any atom is 0.273 e. The van der Waals surface area contributed by atoms with Crippen LogP contribution in [0.2, 0.25) is 0 Å². The molecule has 0 saturated carbocycles. The van der Waals surface area contributed by atoms with E-state index < -0.39 is 0 Å². The quantitative estimate of drug-likeness (QED) is 0.758. The smallest absolute Gasteiger partial charge is 0.273 e. The number of nitrogens with one attached hydrogen (secondary N) is 2. The number of hydrogen-bond donors (Lipinski definition) is 2. The van der Waals surface area contributed by atoms with Crippen LogP contribution in [0.1, 0.15) is 26.0 Å². The predicted molar refractivity (Wildman–Crippen MR) is 55.5 cm³/mol. The molecule has 0 radical (unpaired) electrons. The molecule has 0 fully saturated rings. The lowest BCUT2D eigenvalue weighted by atomic mass is 10.1. The molecule has 2 N–H and O–H groups in total. The summed E-state index contributed by atoms with van der Waals surface area (Å²) in [6.07, 6.45) is 0.386. The number of carbonyl (C=O) groups is 1.